The Morgan fingerprint density at radius 3 is 2.22 bits per heavy atom. The number of carbonyl (C=O) groups is 1. The van der Waals surface area contributed by atoms with Crippen LogP contribution in [0, 0.1) is 0 Å². The van der Waals surface area contributed by atoms with Gasteiger partial charge in [0.25, 0.3) is 0 Å². The average Bonchev–Trinajstić information content (AvgIpc) is 2.86. The second-order valence-corrected chi connectivity index (χ2v) is 7.80. The van der Waals surface area contributed by atoms with Crippen molar-refractivity contribution in [1.82, 2.24) is 10.6 Å². The number of hydrogen-bond acceptors (Lipinski definition) is 2. The van der Waals surface area contributed by atoms with Crippen LogP contribution in [0.5, 0.6) is 0 Å². The number of hydrogen-bond donors (Lipinski definition) is 2. The summed E-state index contributed by atoms with van der Waals surface area (Å²) in [6.45, 7) is 6.56. The van der Waals surface area contributed by atoms with Gasteiger partial charge in [-0.25, -0.2) is 0 Å². The molecule has 3 nitrogen and oxygen atoms in total. The molecule has 0 aliphatic carbocycles. The fourth-order valence-corrected chi connectivity index (χ4v) is 4.07. The van der Waals surface area contributed by atoms with Gasteiger partial charge < -0.3 is 10.6 Å². The molecule has 2 fully saturated rings. The lowest BCUT2D eigenvalue weighted by atomic mass is 9.93. The molecule has 1 aromatic carbocycles. The van der Waals surface area contributed by atoms with Gasteiger partial charge in [-0.1, -0.05) is 45.0 Å². The van der Waals surface area contributed by atoms with Crippen molar-refractivity contribution in [2.45, 2.75) is 82.8 Å². The maximum atomic E-state index is 12.4. The van der Waals surface area contributed by atoms with Crippen LogP contribution < -0.4 is 10.6 Å². The van der Waals surface area contributed by atoms with Gasteiger partial charge in [-0.3, -0.25) is 4.79 Å². The van der Waals surface area contributed by atoms with E-state index < -0.39 is 0 Å². The van der Waals surface area contributed by atoms with Crippen LogP contribution in [0.2, 0.25) is 0 Å². The SMILES string of the molecule is CC(C)c1ccc(C(C)CC(=O)NC2CC3CCC(C2)N3)cc1. The smallest absolute Gasteiger partial charge is 0.220 e. The van der Waals surface area contributed by atoms with E-state index in [-0.39, 0.29) is 11.8 Å². The molecule has 0 radical (unpaired) electrons. The predicted molar refractivity (Wildman–Crippen MR) is 94.7 cm³/mol. The Kier molecular flexibility index (Phi) is 5.05. The van der Waals surface area contributed by atoms with Gasteiger partial charge in [0.15, 0.2) is 0 Å². The average molecular weight is 314 g/mol. The maximum Gasteiger partial charge on any atom is 0.220 e. The predicted octanol–water partition coefficient (Wildman–Crippen LogP) is 3.70. The number of carbonyl (C=O) groups excluding carboxylic acids is 1. The van der Waals surface area contributed by atoms with E-state index in [9.17, 15) is 4.79 Å². The molecule has 2 heterocycles. The normalized spacial score (nSPS) is 27.9. The topological polar surface area (TPSA) is 41.1 Å². The van der Waals surface area contributed by atoms with Crippen molar-refractivity contribution in [3.63, 3.8) is 0 Å². The number of rotatable bonds is 5. The molecule has 2 N–H and O–H groups in total. The Balaban J connectivity index is 1.50. The molecule has 2 aliphatic rings. The Hall–Kier alpha value is -1.35. The van der Waals surface area contributed by atoms with E-state index in [4.69, 9.17) is 0 Å². The highest BCUT2D eigenvalue weighted by molar-refractivity contribution is 5.77. The van der Waals surface area contributed by atoms with Gasteiger partial charge in [-0.2, -0.15) is 0 Å². The van der Waals surface area contributed by atoms with Crippen LogP contribution in [0.1, 0.15) is 75.8 Å². The van der Waals surface area contributed by atoms with Gasteiger partial charge in [0.2, 0.25) is 5.91 Å². The lowest BCUT2D eigenvalue weighted by molar-refractivity contribution is -0.122. The summed E-state index contributed by atoms with van der Waals surface area (Å²) < 4.78 is 0. The molecule has 2 bridgehead atoms. The van der Waals surface area contributed by atoms with Gasteiger partial charge in [-0.15, -0.1) is 0 Å². The molecule has 0 spiro atoms. The molecule has 3 atom stereocenters. The first kappa shape index (κ1) is 16.5. The van der Waals surface area contributed by atoms with E-state index in [1.807, 2.05) is 0 Å². The molecule has 1 aromatic rings. The molecule has 0 saturated carbocycles. The molecule has 3 heteroatoms. The van der Waals surface area contributed by atoms with Crippen molar-refractivity contribution in [3.8, 4) is 0 Å². The first-order chi connectivity index (χ1) is 11.0. The van der Waals surface area contributed by atoms with E-state index in [2.05, 4.69) is 55.7 Å². The molecule has 0 aromatic heterocycles. The highest BCUT2D eigenvalue weighted by atomic mass is 16.1. The van der Waals surface area contributed by atoms with Crippen molar-refractivity contribution < 1.29 is 4.79 Å². The molecule has 3 rings (SSSR count). The summed E-state index contributed by atoms with van der Waals surface area (Å²) in [7, 11) is 0. The van der Waals surface area contributed by atoms with E-state index in [0.29, 0.717) is 30.5 Å². The van der Waals surface area contributed by atoms with E-state index in [0.717, 1.165) is 12.8 Å². The van der Waals surface area contributed by atoms with Crippen LogP contribution in [0.15, 0.2) is 24.3 Å². The standard InChI is InChI=1S/C20H30N2O/c1-13(2)15-4-6-16(7-5-15)14(3)10-20(23)22-19-11-17-8-9-18(12-19)21-17/h4-7,13-14,17-19,21H,8-12H2,1-3H3,(H,22,23). The van der Waals surface area contributed by atoms with E-state index >= 15 is 0 Å². The molecule has 2 aliphatic heterocycles. The lowest BCUT2D eigenvalue weighted by Crippen LogP contribution is -2.48. The number of amides is 1. The van der Waals surface area contributed by atoms with Crippen LogP contribution in [0.3, 0.4) is 0 Å². The van der Waals surface area contributed by atoms with Crippen molar-refractivity contribution in [2.24, 2.45) is 0 Å². The van der Waals surface area contributed by atoms with Gasteiger partial charge in [-0.05, 0) is 48.6 Å². The quantitative estimate of drug-likeness (QED) is 0.870. The zero-order valence-corrected chi connectivity index (χ0v) is 14.6. The lowest BCUT2D eigenvalue weighted by Gasteiger charge is -2.30. The molecule has 126 valence electrons. The highest BCUT2D eigenvalue weighted by Gasteiger charge is 2.34. The molecule has 2 saturated heterocycles. The molecule has 3 unspecified atom stereocenters. The fourth-order valence-electron chi connectivity index (χ4n) is 4.07. The molecular formula is C20H30N2O. The molecule has 23 heavy (non-hydrogen) atoms. The van der Waals surface area contributed by atoms with Crippen LogP contribution in [0.4, 0.5) is 0 Å². The van der Waals surface area contributed by atoms with Crippen molar-refractivity contribution >= 4 is 5.91 Å². The van der Waals surface area contributed by atoms with Crippen molar-refractivity contribution in [2.75, 3.05) is 0 Å². The third kappa shape index (κ3) is 4.14. The summed E-state index contributed by atoms with van der Waals surface area (Å²) in [6, 6.07) is 10.4. The second kappa shape index (κ2) is 7.04. The van der Waals surface area contributed by atoms with Gasteiger partial charge in [0.05, 0.1) is 0 Å². The first-order valence-electron chi connectivity index (χ1n) is 9.16. The summed E-state index contributed by atoms with van der Waals surface area (Å²) in [5.74, 6) is 1.03. The largest absolute Gasteiger partial charge is 0.353 e. The Labute approximate surface area is 140 Å². The molecule has 1 amide bonds. The van der Waals surface area contributed by atoms with Crippen molar-refractivity contribution in [3.05, 3.63) is 35.4 Å². The molecular weight excluding hydrogens is 284 g/mol. The van der Waals surface area contributed by atoms with Gasteiger partial charge in [0, 0.05) is 24.5 Å². The van der Waals surface area contributed by atoms with E-state index in [1.54, 1.807) is 0 Å². The minimum absolute atomic E-state index is 0.205. The van der Waals surface area contributed by atoms with Gasteiger partial charge >= 0.3 is 0 Å². The Morgan fingerprint density at radius 2 is 1.65 bits per heavy atom. The Morgan fingerprint density at radius 1 is 1.09 bits per heavy atom. The summed E-state index contributed by atoms with van der Waals surface area (Å²) in [4.78, 5) is 12.4. The third-order valence-corrected chi connectivity index (χ3v) is 5.50. The van der Waals surface area contributed by atoms with E-state index in [1.165, 1.54) is 24.0 Å². The number of benzene rings is 1. The Bertz CT molecular complexity index is 525. The summed E-state index contributed by atoms with van der Waals surface area (Å²) in [6.07, 6.45) is 5.32. The van der Waals surface area contributed by atoms with Crippen LogP contribution in [-0.2, 0) is 4.79 Å². The summed E-state index contributed by atoms with van der Waals surface area (Å²) in [5, 5.41) is 6.89. The first-order valence-corrected chi connectivity index (χ1v) is 9.16. The second-order valence-electron chi connectivity index (χ2n) is 7.80. The number of piperidine rings is 1. The summed E-state index contributed by atoms with van der Waals surface area (Å²) in [5.41, 5.74) is 2.62. The monoisotopic (exact) mass is 314 g/mol. The summed E-state index contributed by atoms with van der Waals surface area (Å²) >= 11 is 0. The highest BCUT2D eigenvalue weighted by Crippen LogP contribution is 2.27. The maximum absolute atomic E-state index is 12.4. The van der Waals surface area contributed by atoms with Crippen LogP contribution in [0.25, 0.3) is 0 Å². The third-order valence-electron chi connectivity index (χ3n) is 5.50. The minimum Gasteiger partial charge on any atom is -0.353 e. The zero-order chi connectivity index (χ0) is 16.4. The van der Waals surface area contributed by atoms with Crippen LogP contribution >= 0.6 is 0 Å². The number of nitrogens with one attached hydrogen (secondary N) is 2. The van der Waals surface area contributed by atoms with Gasteiger partial charge in [0.1, 0.15) is 0 Å². The van der Waals surface area contributed by atoms with Crippen molar-refractivity contribution in [1.29, 1.82) is 0 Å². The fraction of sp³-hybridized carbons (Fsp3) is 0.650. The van der Waals surface area contributed by atoms with Crippen LogP contribution in [-0.4, -0.2) is 24.0 Å². The minimum atomic E-state index is 0.205. The zero-order valence-electron chi connectivity index (χ0n) is 14.6. The number of fused-ring (bicyclic) bond motifs is 2.